The standard InChI is InChI=1S/C20H23N3O2/c1-4-6-7-12(5-2)17-15-11-21-23(3)20(15)22-18-14-9-8-13(24)10-16(14)25-19(17)18/h8-12,21H,4-7H2,1-3H3/t12-/m1/s1. The van der Waals surface area contributed by atoms with E-state index in [1.165, 1.54) is 18.4 Å². The van der Waals surface area contributed by atoms with E-state index < -0.39 is 0 Å². The molecule has 0 amide bonds. The van der Waals surface area contributed by atoms with Gasteiger partial charge in [0.15, 0.2) is 16.7 Å². The van der Waals surface area contributed by atoms with Gasteiger partial charge in [-0.3, -0.25) is 9.48 Å². The van der Waals surface area contributed by atoms with Crippen LogP contribution >= 0.6 is 0 Å². The van der Waals surface area contributed by atoms with Crippen LogP contribution in [0.1, 0.15) is 51.0 Å². The number of benzene rings is 1. The molecule has 130 valence electrons. The van der Waals surface area contributed by atoms with Gasteiger partial charge < -0.3 is 9.52 Å². The number of unbranched alkanes of at least 4 members (excludes halogenated alkanes) is 1. The van der Waals surface area contributed by atoms with Gasteiger partial charge in [0, 0.05) is 35.6 Å². The predicted octanol–water partition coefficient (Wildman–Crippen LogP) is 4.84. The minimum Gasteiger partial charge on any atom is -0.454 e. The molecule has 0 radical (unpaired) electrons. The molecule has 1 atom stereocenters. The Morgan fingerprint density at radius 1 is 1.28 bits per heavy atom. The second kappa shape index (κ2) is 6.06. The molecule has 3 aromatic heterocycles. The lowest BCUT2D eigenvalue weighted by Crippen LogP contribution is -2.01. The lowest BCUT2D eigenvalue weighted by molar-refractivity contribution is 0.564. The van der Waals surface area contributed by atoms with E-state index >= 15 is 0 Å². The van der Waals surface area contributed by atoms with Gasteiger partial charge in [-0.15, -0.1) is 0 Å². The summed E-state index contributed by atoms with van der Waals surface area (Å²) >= 11 is 0. The fourth-order valence-electron chi connectivity index (χ4n) is 3.79. The normalized spacial score (nSPS) is 13.2. The highest BCUT2D eigenvalue weighted by molar-refractivity contribution is 6.07. The number of aromatic nitrogens is 3. The van der Waals surface area contributed by atoms with Gasteiger partial charge in [0.25, 0.3) is 0 Å². The first-order chi connectivity index (χ1) is 12.1. The maximum absolute atomic E-state index is 11.7. The zero-order valence-corrected chi connectivity index (χ0v) is 14.9. The minimum atomic E-state index is -0.0379. The third-order valence-corrected chi connectivity index (χ3v) is 5.16. The van der Waals surface area contributed by atoms with Gasteiger partial charge in [-0.1, -0.05) is 26.7 Å². The summed E-state index contributed by atoms with van der Waals surface area (Å²) in [7, 11) is 1.97. The Hall–Kier alpha value is -2.56. The maximum atomic E-state index is 11.7. The topological polar surface area (TPSA) is 63.8 Å². The number of fused-ring (bicyclic) bond motifs is 4. The van der Waals surface area contributed by atoms with Gasteiger partial charge in [-0.25, -0.2) is 4.98 Å². The van der Waals surface area contributed by atoms with Crippen molar-refractivity contribution in [2.75, 3.05) is 0 Å². The summed E-state index contributed by atoms with van der Waals surface area (Å²) in [5.41, 5.74) is 4.41. The van der Waals surface area contributed by atoms with E-state index in [1.807, 2.05) is 24.0 Å². The smallest absolute Gasteiger partial charge is 0.182 e. The van der Waals surface area contributed by atoms with Crippen molar-refractivity contribution in [3.8, 4) is 0 Å². The summed E-state index contributed by atoms with van der Waals surface area (Å²) in [5.74, 6) is 0.413. The zero-order chi connectivity index (χ0) is 17.6. The Kier molecular flexibility index (Phi) is 3.86. The average molecular weight is 337 g/mol. The Morgan fingerprint density at radius 2 is 2.12 bits per heavy atom. The van der Waals surface area contributed by atoms with Crippen molar-refractivity contribution in [1.82, 2.24) is 14.8 Å². The molecule has 0 unspecified atom stereocenters. The summed E-state index contributed by atoms with van der Waals surface area (Å²) in [6.45, 7) is 4.45. The number of aryl methyl sites for hydroxylation is 1. The lowest BCUT2D eigenvalue weighted by atomic mass is 9.89. The van der Waals surface area contributed by atoms with Crippen LogP contribution < -0.4 is 5.43 Å². The first-order valence-corrected chi connectivity index (χ1v) is 9.04. The molecule has 0 spiro atoms. The number of furan rings is 1. The largest absolute Gasteiger partial charge is 0.454 e. The molecule has 1 N–H and O–H groups in total. The van der Waals surface area contributed by atoms with E-state index in [0.717, 1.165) is 40.4 Å². The highest BCUT2D eigenvalue weighted by Gasteiger charge is 2.23. The van der Waals surface area contributed by atoms with Crippen molar-refractivity contribution in [3.63, 3.8) is 0 Å². The minimum absolute atomic E-state index is 0.0379. The number of rotatable bonds is 5. The monoisotopic (exact) mass is 337 g/mol. The van der Waals surface area contributed by atoms with Crippen LogP contribution in [0.4, 0.5) is 0 Å². The first kappa shape index (κ1) is 15.9. The number of aromatic amines is 1. The van der Waals surface area contributed by atoms with Crippen LogP contribution in [-0.4, -0.2) is 14.8 Å². The summed E-state index contributed by atoms with van der Waals surface area (Å²) < 4.78 is 8.10. The number of hydrogen-bond acceptors (Lipinski definition) is 3. The molecule has 0 aliphatic rings. The first-order valence-electron chi connectivity index (χ1n) is 9.04. The van der Waals surface area contributed by atoms with Crippen molar-refractivity contribution in [2.24, 2.45) is 7.05 Å². The van der Waals surface area contributed by atoms with Gasteiger partial charge >= 0.3 is 0 Å². The average Bonchev–Trinajstić information content (AvgIpc) is 3.15. The summed E-state index contributed by atoms with van der Waals surface area (Å²) in [6.07, 6.45) is 6.55. The quantitative estimate of drug-likeness (QED) is 0.566. The molecule has 5 nitrogen and oxygen atoms in total. The van der Waals surface area contributed by atoms with Gasteiger partial charge in [0.2, 0.25) is 0 Å². The second-order valence-corrected chi connectivity index (χ2v) is 6.78. The molecule has 25 heavy (non-hydrogen) atoms. The van der Waals surface area contributed by atoms with Crippen molar-refractivity contribution >= 4 is 33.1 Å². The Bertz CT molecular complexity index is 1120. The van der Waals surface area contributed by atoms with Crippen molar-refractivity contribution < 1.29 is 4.42 Å². The number of H-pyrrole nitrogens is 1. The van der Waals surface area contributed by atoms with Crippen LogP contribution in [0.2, 0.25) is 0 Å². The third-order valence-electron chi connectivity index (χ3n) is 5.16. The second-order valence-electron chi connectivity index (χ2n) is 6.78. The van der Waals surface area contributed by atoms with Gasteiger partial charge in [-0.2, -0.15) is 0 Å². The van der Waals surface area contributed by atoms with E-state index in [4.69, 9.17) is 9.40 Å². The molecule has 0 saturated heterocycles. The SMILES string of the molecule is CCCC[C@@H](CC)c1c2c[nH]n(C)c2nc2c1oc1cc(=O)ccc12. The summed E-state index contributed by atoms with van der Waals surface area (Å²) in [6, 6.07) is 4.96. The van der Waals surface area contributed by atoms with Crippen LogP contribution in [-0.2, 0) is 7.05 Å². The molecule has 4 rings (SSSR count). The Balaban J connectivity index is 2.11. The van der Waals surface area contributed by atoms with Crippen LogP contribution in [0.5, 0.6) is 0 Å². The van der Waals surface area contributed by atoms with Crippen molar-refractivity contribution in [1.29, 1.82) is 0 Å². The van der Waals surface area contributed by atoms with E-state index in [0.29, 0.717) is 11.5 Å². The molecule has 5 heteroatoms. The molecule has 0 fully saturated rings. The molecule has 0 bridgehead atoms. The summed E-state index contributed by atoms with van der Waals surface area (Å²) in [4.78, 5) is 16.6. The fourth-order valence-corrected chi connectivity index (χ4v) is 3.79. The molecule has 4 aromatic rings. The maximum Gasteiger partial charge on any atom is 0.182 e. The molecule has 0 aliphatic heterocycles. The Morgan fingerprint density at radius 3 is 2.88 bits per heavy atom. The van der Waals surface area contributed by atoms with Crippen LogP contribution in [0.3, 0.4) is 0 Å². The molecule has 0 saturated carbocycles. The van der Waals surface area contributed by atoms with Crippen molar-refractivity contribution in [3.05, 3.63) is 40.2 Å². The molecule has 1 aromatic carbocycles. The van der Waals surface area contributed by atoms with Crippen LogP contribution in [0.15, 0.2) is 33.6 Å². The third kappa shape index (κ3) is 2.46. The lowest BCUT2D eigenvalue weighted by Gasteiger charge is -2.16. The predicted molar refractivity (Wildman–Crippen MR) is 101 cm³/mol. The van der Waals surface area contributed by atoms with Gasteiger partial charge in [0.05, 0.1) is 0 Å². The fraction of sp³-hybridized carbons (Fsp3) is 0.400. The van der Waals surface area contributed by atoms with E-state index in [9.17, 15) is 4.79 Å². The van der Waals surface area contributed by atoms with E-state index in [1.54, 1.807) is 12.1 Å². The Labute approximate surface area is 145 Å². The number of pyridine rings is 1. The highest BCUT2D eigenvalue weighted by Crippen LogP contribution is 2.39. The van der Waals surface area contributed by atoms with Crippen molar-refractivity contribution in [2.45, 2.75) is 45.4 Å². The van der Waals surface area contributed by atoms with Gasteiger partial charge in [-0.05, 0) is 30.9 Å². The van der Waals surface area contributed by atoms with Crippen LogP contribution in [0.25, 0.3) is 33.1 Å². The molecular weight excluding hydrogens is 314 g/mol. The van der Waals surface area contributed by atoms with E-state index in [-0.39, 0.29) is 5.43 Å². The zero-order valence-electron chi connectivity index (χ0n) is 14.9. The molecule has 3 heterocycles. The van der Waals surface area contributed by atoms with E-state index in [2.05, 4.69) is 18.9 Å². The molecule has 0 aliphatic carbocycles. The van der Waals surface area contributed by atoms with Crippen LogP contribution in [0, 0.1) is 0 Å². The number of nitrogens with zero attached hydrogens (tertiary/aromatic N) is 2. The highest BCUT2D eigenvalue weighted by atomic mass is 16.3. The number of nitrogens with one attached hydrogen (secondary N) is 1. The van der Waals surface area contributed by atoms with Gasteiger partial charge in [0.1, 0.15) is 11.1 Å². The number of hydrogen-bond donors (Lipinski definition) is 1. The summed E-state index contributed by atoms with van der Waals surface area (Å²) in [5, 5.41) is 5.25. The molecular formula is C20H23N3O2.